The van der Waals surface area contributed by atoms with Crippen LogP contribution in [0.4, 0.5) is 0 Å². The number of aryl methyl sites for hydroxylation is 2. The molecule has 0 amide bonds. The number of carboxylic acid groups (broad SMARTS) is 1. The number of unbranched alkanes of at least 4 members (excludes halogenated alkanes) is 1. The standard InChI is InChI=1S/C27H26N2O3/c1-3-4-9-25-28-24-16-18(2)10-15-23(24)26(30)29(25)17-19-11-13-20(14-12-19)21-7-5-6-8-22(21)27(31)32/h5-8,10-16H,3-4,9,17H2,1-2H3,(H,31,32). The van der Waals surface area contributed by atoms with Crippen molar-refractivity contribution in [2.75, 3.05) is 0 Å². The summed E-state index contributed by atoms with van der Waals surface area (Å²) in [4.78, 5) is 29.7. The van der Waals surface area contributed by atoms with Crippen molar-refractivity contribution in [3.05, 3.63) is 99.6 Å². The molecule has 0 saturated heterocycles. The first-order valence-electron chi connectivity index (χ1n) is 10.9. The molecule has 0 unspecified atom stereocenters. The lowest BCUT2D eigenvalue weighted by atomic mass is 9.98. The van der Waals surface area contributed by atoms with E-state index in [1.54, 1.807) is 22.8 Å². The number of nitrogens with zero attached hydrogens (tertiary/aromatic N) is 2. The van der Waals surface area contributed by atoms with Gasteiger partial charge in [-0.15, -0.1) is 0 Å². The third-order valence-corrected chi connectivity index (χ3v) is 5.71. The number of carbonyl (C=O) groups is 1. The van der Waals surface area contributed by atoms with Crippen molar-refractivity contribution < 1.29 is 9.90 Å². The molecule has 0 bridgehead atoms. The third-order valence-electron chi connectivity index (χ3n) is 5.71. The average Bonchev–Trinajstić information content (AvgIpc) is 2.80. The van der Waals surface area contributed by atoms with Crippen molar-refractivity contribution in [3.63, 3.8) is 0 Å². The van der Waals surface area contributed by atoms with Crippen LogP contribution in [0.2, 0.25) is 0 Å². The molecule has 0 spiro atoms. The van der Waals surface area contributed by atoms with Crippen LogP contribution in [-0.2, 0) is 13.0 Å². The van der Waals surface area contributed by atoms with E-state index in [4.69, 9.17) is 4.98 Å². The first kappa shape index (κ1) is 21.5. The smallest absolute Gasteiger partial charge is 0.336 e. The van der Waals surface area contributed by atoms with Crippen LogP contribution in [0.5, 0.6) is 0 Å². The molecule has 0 atom stereocenters. The quantitative estimate of drug-likeness (QED) is 0.426. The van der Waals surface area contributed by atoms with Crippen molar-refractivity contribution in [1.82, 2.24) is 9.55 Å². The van der Waals surface area contributed by atoms with Crippen LogP contribution in [0.15, 0.2) is 71.5 Å². The Bertz CT molecular complexity index is 1340. The largest absolute Gasteiger partial charge is 0.478 e. The molecule has 32 heavy (non-hydrogen) atoms. The Morgan fingerprint density at radius 3 is 2.50 bits per heavy atom. The SMILES string of the molecule is CCCCc1nc2cc(C)ccc2c(=O)n1Cc1ccc(-c2ccccc2C(=O)O)cc1. The molecule has 4 aromatic rings. The number of aromatic carboxylic acids is 1. The fraction of sp³-hybridized carbons (Fsp3) is 0.222. The molecular weight excluding hydrogens is 400 g/mol. The molecule has 0 radical (unpaired) electrons. The number of fused-ring (bicyclic) bond motifs is 1. The van der Waals surface area contributed by atoms with Crippen molar-refractivity contribution >= 4 is 16.9 Å². The third kappa shape index (κ3) is 4.33. The Labute approximate surface area is 187 Å². The fourth-order valence-corrected chi connectivity index (χ4v) is 3.96. The summed E-state index contributed by atoms with van der Waals surface area (Å²) < 4.78 is 1.77. The normalized spacial score (nSPS) is 11.1. The minimum absolute atomic E-state index is 0.0265. The van der Waals surface area contributed by atoms with Crippen molar-refractivity contribution in [3.8, 4) is 11.1 Å². The van der Waals surface area contributed by atoms with Crippen LogP contribution in [0.1, 0.15) is 47.1 Å². The van der Waals surface area contributed by atoms with E-state index in [1.807, 2.05) is 55.5 Å². The van der Waals surface area contributed by atoms with E-state index in [9.17, 15) is 14.7 Å². The van der Waals surface area contributed by atoms with Gasteiger partial charge in [0.2, 0.25) is 0 Å². The first-order chi connectivity index (χ1) is 15.5. The molecule has 0 aliphatic rings. The zero-order valence-electron chi connectivity index (χ0n) is 18.3. The molecule has 0 saturated carbocycles. The van der Waals surface area contributed by atoms with Gasteiger partial charge in [-0.25, -0.2) is 9.78 Å². The maximum absolute atomic E-state index is 13.3. The highest BCUT2D eigenvalue weighted by atomic mass is 16.4. The van der Waals surface area contributed by atoms with E-state index in [1.165, 1.54) is 0 Å². The molecular formula is C27H26N2O3. The number of hydrogen-bond donors (Lipinski definition) is 1. The average molecular weight is 427 g/mol. The van der Waals surface area contributed by atoms with Gasteiger partial charge in [-0.2, -0.15) is 0 Å². The molecule has 3 aromatic carbocycles. The highest BCUT2D eigenvalue weighted by Crippen LogP contribution is 2.24. The Balaban J connectivity index is 1.72. The molecule has 1 heterocycles. The predicted molar refractivity (Wildman–Crippen MR) is 127 cm³/mol. The van der Waals surface area contributed by atoms with Crippen molar-refractivity contribution in [2.45, 2.75) is 39.7 Å². The lowest BCUT2D eigenvalue weighted by Gasteiger charge is -2.14. The Morgan fingerprint density at radius 1 is 1.03 bits per heavy atom. The minimum atomic E-state index is -0.950. The van der Waals surface area contributed by atoms with E-state index in [0.717, 1.165) is 47.3 Å². The molecule has 0 fully saturated rings. The number of rotatable bonds is 7. The monoisotopic (exact) mass is 426 g/mol. The van der Waals surface area contributed by atoms with Crippen LogP contribution in [0, 0.1) is 6.92 Å². The molecule has 1 aromatic heterocycles. The van der Waals surface area contributed by atoms with Gasteiger partial charge in [0.1, 0.15) is 5.82 Å². The van der Waals surface area contributed by atoms with Crippen LogP contribution in [0.3, 0.4) is 0 Å². The van der Waals surface area contributed by atoms with Gasteiger partial charge in [-0.05, 0) is 53.8 Å². The van der Waals surface area contributed by atoms with Gasteiger partial charge in [0.15, 0.2) is 0 Å². The van der Waals surface area contributed by atoms with Crippen LogP contribution < -0.4 is 5.56 Å². The first-order valence-corrected chi connectivity index (χ1v) is 10.9. The molecule has 162 valence electrons. The maximum Gasteiger partial charge on any atom is 0.336 e. The number of aromatic nitrogens is 2. The number of benzene rings is 3. The lowest BCUT2D eigenvalue weighted by Crippen LogP contribution is -2.26. The summed E-state index contributed by atoms with van der Waals surface area (Å²) in [7, 11) is 0. The van der Waals surface area contributed by atoms with E-state index >= 15 is 0 Å². The topological polar surface area (TPSA) is 72.2 Å². The Hall–Kier alpha value is -3.73. The molecule has 0 aliphatic carbocycles. The van der Waals surface area contributed by atoms with Crippen LogP contribution in [0.25, 0.3) is 22.0 Å². The number of hydrogen-bond acceptors (Lipinski definition) is 3. The summed E-state index contributed by atoms with van der Waals surface area (Å²) in [6, 6.07) is 20.4. The molecule has 5 heteroatoms. The maximum atomic E-state index is 13.3. The van der Waals surface area contributed by atoms with E-state index in [-0.39, 0.29) is 11.1 Å². The van der Waals surface area contributed by atoms with Gasteiger partial charge in [0, 0.05) is 6.42 Å². The summed E-state index contributed by atoms with van der Waals surface area (Å²) in [6.45, 7) is 4.55. The zero-order valence-corrected chi connectivity index (χ0v) is 18.3. The minimum Gasteiger partial charge on any atom is -0.478 e. The summed E-state index contributed by atoms with van der Waals surface area (Å²) in [5, 5.41) is 10.1. The van der Waals surface area contributed by atoms with Crippen LogP contribution >= 0.6 is 0 Å². The van der Waals surface area contributed by atoms with Gasteiger partial charge in [-0.1, -0.05) is 61.9 Å². The van der Waals surface area contributed by atoms with E-state index in [0.29, 0.717) is 17.5 Å². The molecule has 5 nitrogen and oxygen atoms in total. The van der Waals surface area contributed by atoms with E-state index < -0.39 is 5.97 Å². The second-order valence-corrected chi connectivity index (χ2v) is 8.09. The van der Waals surface area contributed by atoms with Gasteiger partial charge in [0.25, 0.3) is 5.56 Å². The van der Waals surface area contributed by atoms with Crippen molar-refractivity contribution in [2.24, 2.45) is 0 Å². The molecule has 0 aliphatic heterocycles. The second-order valence-electron chi connectivity index (χ2n) is 8.09. The number of carboxylic acids is 1. The Kier molecular flexibility index (Phi) is 6.17. The fourth-order valence-electron chi connectivity index (χ4n) is 3.96. The Morgan fingerprint density at radius 2 is 1.78 bits per heavy atom. The van der Waals surface area contributed by atoms with Crippen molar-refractivity contribution in [1.29, 1.82) is 0 Å². The molecule has 4 rings (SSSR count). The van der Waals surface area contributed by atoms with Gasteiger partial charge >= 0.3 is 5.97 Å². The summed E-state index contributed by atoms with van der Waals surface area (Å²) in [5.41, 5.74) is 4.55. The summed E-state index contributed by atoms with van der Waals surface area (Å²) in [5.74, 6) is -0.149. The van der Waals surface area contributed by atoms with Crippen LogP contribution in [-0.4, -0.2) is 20.6 Å². The summed E-state index contributed by atoms with van der Waals surface area (Å²) in [6.07, 6.45) is 2.74. The van der Waals surface area contributed by atoms with Gasteiger partial charge < -0.3 is 5.11 Å². The predicted octanol–water partition coefficient (Wildman–Crippen LogP) is 5.46. The lowest BCUT2D eigenvalue weighted by molar-refractivity contribution is 0.0697. The second kappa shape index (κ2) is 9.18. The zero-order chi connectivity index (χ0) is 22.7. The highest BCUT2D eigenvalue weighted by molar-refractivity contribution is 5.96. The van der Waals surface area contributed by atoms with Gasteiger partial charge in [0.05, 0.1) is 23.0 Å². The highest BCUT2D eigenvalue weighted by Gasteiger charge is 2.13. The van der Waals surface area contributed by atoms with Gasteiger partial charge in [-0.3, -0.25) is 9.36 Å². The summed E-state index contributed by atoms with van der Waals surface area (Å²) >= 11 is 0. The molecule has 1 N–H and O–H groups in total. The van der Waals surface area contributed by atoms with E-state index in [2.05, 4.69) is 6.92 Å².